The Balaban J connectivity index is 1.75. The van der Waals surface area contributed by atoms with Crippen LogP contribution in [0.15, 0.2) is 42.6 Å². The SMILES string of the molecule is c1cc(-c2nc3cccnc3s2)cc(N2CCCC2)c1. The normalized spacial score (nSPS) is 15.1. The van der Waals surface area contributed by atoms with E-state index in [0.29, 0.717) is 0 Å². The van der Waals surface area contributed by atoms with E-state index in [1.54, 1.807) is 11.3 Å². The Labute approximate surface area is 121 Å². The molecule has 1 fully saturated rings. The molecule has 0 spiro atoms. The fraction of sp³-hybridized carbons (Fsp3) is 0.250. The summed E-state index contributed by atoms with van der Waals surface area (Å²) >= 11 is 1.66. The zero-order valence-electron chi connectivity index (χ0n) is 11.1. The minimum atomic E-state index is 0.985. The number of hydrogen-bond acceptors (Lipinski definition) is 4. The van der Waals surface area contributed by atoms with E-state index in [4.69, 9.17) is 0 Å². The number of benzene rings is 1. The fourth-order valence-corrected chi connectivity index (χ4v) is 3.61. The molecule has 0 atom stereocenters. The molecule has 1 aromatic carbocycles. The van der Waals surface area contributed by atoms with Gasteiger partial charge in [0.25, 0.3) is 0 Å². The molecular weight excluding hydrogens is 266 g/mol. The maximum Gasteiger partial charge on any atom is 0.143 e. The van der Waals surface area contributed by atoms with Crippen molar-refractivity contribution in [1.29, 1.82) is 0 Å². The Morgan fingerprint density at radius 1 is 1.05 bits per heavy atom. The summed E-state index contributed by atoms with van der Waals surface area (Å²) in [5.41, 5.74) is 3.49. The summed E-state index contributed by atoms with van der Waals surface area (Å²) < 4.78 is 0. The van der Waals surface area contributed by atoms with Crippen LogP contribution < -0.4 is 4.90 Å². The van der Waals surface area contributed by atoms with Crippen LogP contribution in [0.3, 0.4) is 0 Å². The van der Waals surface area contributed by atoms with Gasteiger partial charge in [-0.2, -0.15) is 0 Å². The Morgan fingerprint density at radius 2 is 1.95 bits per heavy atom. The molecule has 0 unspecified atom stereocenters. The lowest BCUT2D eigenvalue weighted by Gasteiger charge is -2.17. The van der Waals surface area contributed by atoms with E-state index in [1.165, 1.54) is 37.2 Å². The quantitative estimate of drug-likeness (QED) is 0.712. The summed E-state index contributed by atoms with van der Waals surface area (Å²) in [6.07, 6.45) is 4.43. The third-order valence-corrected chi connectivity index (χ3v) is 4.76. The number of nitrogens with zero attached hydrogens (tertiary/aromatic N) is 3. The monoisotopic (exact) mass is 281 g/mol. The van der Waals surface area contributed by atoms with Gasteiger partial charge in [0.15, 0.2) is 0 Å². The van der Waals surface area contributed by atoms with Gasteiger partial charge in [0.05, 0.1) is 0 Å². The predicted molar refractivity (Wildman–Crippen MR) is 84.3 cm³/mol. The van der Waals surface area contributed by atoms with Crippen molar-refractivity contribution in [2.75, 3.05) is 18.0 Å². The number of rotatable bonds is 2. The number of thiazole rings is 1. The topological polar surface area (TPSA) is 29.0 Å². The standard InChI is InChI=1S/C16H15N3S/c1-2-10-19(9-1)13-6-3-5-12(11-13)15-18-14-7-4-8-17-16(14)20-15/h3-8,11H,1-2,9-10H2. The van der Waals surface area contributed by atoms with Crippen LogP contribution in [-0.4, -0.2) is 23.1 Å². The van der Waals surface area contributed by atoms with Gasteiger partial charge in [-0.25, -0.2) is 9.97 Å². The molecule has 20 heavy (non-hydrogen) atoms. The molecule has 0 saturated carbocycles. The van der Waals surface area contributed by atoms with Crippen LogP contribution in [0.2, 0.25) is 0 Å². The molecule has 2 aromatic heterocycles. The molecule has 3 heterocycles. The minimum Gasteiger partial charge on any atom is -0.372 e. The van der Waals surface area contributed by atoms with Crippen molar-refractivity contribution in [1.82, 2.24) is 9.97 Å². The number of fused-ring (bicyclic) bond motifs is 1. The smallest absolute Gasteiger partial charge is 0.143 e. The van der Waals surface area contributed by atoms with Crippen molar-refractivity contribution in [3.63, 3.8) is 0 Å². The molecule has 0 N–H and O–H groups in total. The van der Waals surface area contributed by atoms with Gasteiger partial charge < -0.3 is 4.90 Å². The molecule has 4 heteroatoms. The maximum absolute atomic E-state index is 4.69. The molecule has 1 aliphatic heterocycles. The van der Waals surface area contributed by atoms with Crippen LogP contribution >= 0.6 is 11.3 Å². The van der Waals surface area contributed by atoms with E-state index < -0.39 is 0 Å². The van der Waals surface area contributed by atoms with E-state index in [-0.39, 0.29) is 0 Å². The summed E-state index contributed by atoms with van der Waals surface area (Å²) in [5, 5.41) is 1.06. The highest BCUT2D eigenvalue weighted by Crippen LogP contribution is 2.31. The van der Waals surface area contributed by atoms with Crippen molar-refractivity contribution in [2.24, 2.45) is 0 Å². The van der Waals surface area contributed by atoms with E-state index in [9.17, 15) is 0 Å². The lowest BCUT2D eigenvalue weighted by molar-refractivity contribution is 0.949. The summed E-state index contributed by atoms with van der Waals surface area (Å²) in [5.74, 6) is 0. The first-order valence-electron chi connectivity index (χ1n) is 6.97. The first-order valence-corrected chi connectivity index (χ1v) is 7.79. The van der Waals surface area contributed by atoms with Crippen LogP contribution in [0.4, 0.5) is 5.69 Å². The first-order chi connectivity index (χ1) is 9.90. The highest BCUT2D eigenvalue weighted by Gasteiger charge is 2.13. The van der Waals surface area contributed by atoms with E-state index in [0.717, 1.165) is 15.4 Å². The molecule has 1 saturated heterocycles. The first kappa shape index (κ1) is 11.9. The van der Waals surface area contributed by atoms with Crippen molar-refractivity contribution >= 4 is 27.4 Å². The molecule has 0 aliphatic carbocycles. The van der Waals surface area contributed by atoms with Gasteiger partial charge in [0.1, 0.15) is 15.4 Å². The molecular formula is C16H15N3S. The van der Waals surface area contributed by atoms with Crippen molar-refractivity contribution in [2.45, 2.75) is 12.8 Å². The van der Waals surface area contributed by atoms with Gasteiger partial charge in [-0.15, -0.1) is 0 Å². The highest BCUT2D eigenvalue weighted by molar-refractivity contribution is 7.21. The average molecular weight is 281 g/mol. The zero-order valence-corrected chi connectivity index (χ0v) is 11.9. The largest absolute Gasteiger partial charge is 0.372 e. The second-order valence-corrected chi connectivity index (χ2v) is 6.07. The molecule has 3 nitrogen and oxygen atoms in total. The van der Waals surface area contributed by atoms with Gasteiger partial charge >= 0.3 is 0 Å². The molecule has 4 rings (SSSR count). The van der Waals surface area contributed by atoms with Crippen molar-refractivity contribution < 1.29 is 0 Å². The Bertz CT molecular complexity index is 711. The number of anilines is 1. The Kier molecular flexibility index (Phi) is 2.89. The zero-order chi connectivity index (χ0) is 13.4. The van der Waals surface area contributed by atoms with Gasteiger partial charge in [0, 0.05) is 30.5 Å². The number of aromatic nitrogens is 2. The molecule has 0 radical (unpaired) electrons. The molecule has 100 valence electrons. The molecule has 0 amide bonds. The maximum atomic E-state index is 4.69. The molecule has 1 aliphatic rings. The van der Waals surface area contributed by atoms with E-state index in [1.807, 2.05) is 18.3 Å². The Hall–Kier alpha value is -1.94. The minimum absolute atomic E-state index is 0.985. The van der Waals surface area contributed by atoms with Crippen LogP contribution in [0.1, 0.15) is 12.8 Å². The highest BCUT2D eigenvalue weighted by atomic mass is 32.1. The second-order valence-electron chi connectivity index (χ2n) is 5.09. The fourth-order valence-electron chi connectivity index (χ4n) is 2.70. The number of hydrogen-bond donors (Lipinski definition) is 0. The van der Waals surface area contributed by atoms with Crippen LogP contribution in [0.25, 0.3) is 20.9 Å². The van der Waals surface area contributed by atoms with Crippen molar-refractivity contribution in [3.05, 3.63) is 42.6 Å². The van der Waals surface area contributed by atoms with Crippen molar-refractivity contribution in [3.8, 4) is 10.6 Å². The summed E-state index contributed by atoms with van der Waals surface area (Å²) in [6.45, 7) is 2.34. The molecule has 3 aromatic rings. The lowest BCUT2D eigenvalue weighted by atomic mass is 10.2. The van der Waals surface area contributed by atoms with Gasteiger partial charge in [-0.05, 0) is 37.1 Å². The third kappa shape index (κ3) is 2.06. The lowest BCUT2D eigenvalue weighted by Crippen LogP contribution is -2.17. The summed E-state index contributed by atoms with van der Waals surface area (Å²) in [4.78, 5) is 12.5. The van der Waals surface area contributed by atoms with Crippen LogP contribution in [0, 0.1) is 0 Å². The van der Waals surface area contributed by atoms with Crippen LogP contribution in [0.5, 0.6) is 0 Å². The van der Waals surface area contributed by atoms with E-state index >= 15 is 0 Å². The summed E-state index contributed by atoms with van der Waals surface area (Å²) in [6, 6.07) is 12.7. The van der Waals surface area contributed by atoms with Gasteiger partial charge in [-0.3, -0.25) is 0 Å². The van der Waals surface area contributed by atoms with Crippen LogP contribution in [-0.2, 0) is 0 Å². The molecule has 0 bridgehead atoms. The predicted octanol–water partition coefficient (Wildman–Crippen LogP) is 3.96. The van der Waals surface area contributed by atoms with Gasteiger partial charge in [0.2, 0.25) is 0 Å². The van der Waals surface area contributed by atoms with E-state index in [2.05, 4.69) is 39.1 Å². The third-order valence-electron chi connectivity index (χ3n) is 3.73. The number of pyridine rings is 1. The van der Waals surface area contributed by atoms with Gasteiger partial charge in [-0.1, -0.05) is 23.5 Å². The second kappa shape index (κ2) is 4.87. The summed E-state index contributed by atoms with van der Waals surface area (Å²) in [7, 11) is 0. The Morgan fingerprint density at radius 3 is 2.80 bits per heavy atom. The average Bonchev–Trinajstić information content (AvgIpc) is 3.16.